The Balaban J connectivity index is 2.01. The highest BCUT2D eigenvalue weighted by atomic mass is 16.6. The monoisotopic (exact) mass is 292 g/mol. The summed E-state index contributed by atoms with van der Waals surface area (Å²) < 4.78 is 11.3. The lowest BCUT2D eigenvalue weighted by molar-refractivity contribution is -0.168. The first-order chi connectivity index (χ1) is 9.83. The van der Waals surface area contributed by atoms with E-state index < -0.39 is 0 Å². The summed E-state index contributed by atoms with van der Waals surface area (Å²) in [6.45, 7) is 9.80. The molecule has 0 N–H and O–H groups in total. The molecule has 21 heavy (non-hydrogen) atoms. The SMILES string of the molecule is C=C1CCC[C@]2(C)C[C@@H]3OC(=O)[C@H](C)[C@H]3[C@H](OC(C)=O)[C@@H]12. The second-order valence-corrected chi connectivity index (χ2v) is 7.26. The highest BCUT2D eigenvalue weighted by Gasteiger charge is 2.60. The second-order valence-electron chi connectivity index (χ2n) is 7.26. The fourth-order valence-corrected chi connectivity index (χ4v) is 4.89. The molecular weight excluding hydrogens is 268 g/mol. The van der Waals surface area contributed by atoms with Gasteiger partial charge < -0.3 is 9.47 Å². The van der Waals surface area contributed by atoms with Crippen LogP contribution < -0.4 is 0 Å². The second kappa shape index (κ2) is 4.85. The van der Waals surface area contributed by atoms with Crippen molar-refractivity contribution in [2.75, 3.05) is 0 Å². The van der Waals surface area contributed by atoms with Crippen LogP contribution in [0.2, 0.25) is 0 Å². The van der Waals surface area contributed by atoms with E-state index in [1.807, 2.05) is 6.92 Å². The Morgan fingerprint density at radius 1 is 1.48 bits per heavy atom. The van der Waals surface area contributed by atoms with E-state index in [2.05, 4.69) is 13.5 Å². The van der Waals surface area contributed by atoms with Gasteiger partial charge in [0.25, 0.3) is 0 Å². The molecule has 2 aliphatic carbocycles. The van der Waals surface area contributed by atoms with E-state index in [1.165, 1.54) is 12.5 Å². The summed E-state index contributed by atoms with van der Waals surface area (Å²) in [5.41, 5.74) is 1.18. The van der Waals surface area contributed by atoms with Gasteiger partial charge in [-0.05, 0) is 31.1 Å². The van der Waals surface area contributed by atoms with Crippen molar-refractivity contribution in [3.05, 3.63) is 12.2 Å². The molecule has 0 aromatic rings. The van der Waals surface area contributed by atoms with Crippen LogP contribution in [0.3, 0.4) is 0 Å². The van der Waals surface area contributed by atoms with Gasteiger partial charge in [-0.3, -0.25) is 9.59 Å². The number of hydrogen-bond acceptors (Lipinski definition) is 4. The Morgan fingerprint density at radius 2 is 2.19 bits per heavy atom. The summed E-state index contributed by atoms with van der Waals surface area (Å²) in [4.78, 5) is 23.6. The van der Waals surface area contributed by atoms with Gasteiger partial charge in [0.2, 0.25) is 0 Å². The minimum Gasteiger partial charge on any atom is -0.462 e. The largest absolute Gasteiger partial charge is 0.462 e. The smallest absolute Gasteiger partial charge is 0.309 e. The average molecular weight is 292 g/mol. The van der Waals surface area contributed by atoms with E-state index in [0.717, 1.165) is 25.7 Å². The number of carbonyl (C=O) groups is 2. The normalized spacial score (nSPS) is 45.6. The van der Waals surface area contributed by atoms with Gasteiger partial charge in [-0.15, -0.1) is 0 Å². The van der Waals surface area contributed by atoms with Crippen molar-refractivity contribution in [1.29, 1.82) is 0 Å². The standard InChI is InChI=1S/C17H24O4/c1-9-6-5-7-17(4)8-12-13(10(2)16(19)21-12)15(14(9)17)20-11(3)18/h10,12-15H,1,5-8H2,2-4H3/t10-,12+,13-,14-,15+,17-/m1/s1. The van der Waals surface area contributed by atoms with Gasteiger partial charge >= 0.3 is 11.9 Å². The molecule has 0 unspecified atom stereocenters. The molecule has 0 aromatic heterocycles. The zero-order chi connectivity index (χ0) is 15.4. The van der Waals surface area contributed by atoms with Crippen LogP contribution in [0, 0.1) is 23.2 Å². The molecule has 4 heteroatoms. The molecule has 0 aromatic carbocycles. The van der Waals surface area contributed by atoms with Crippen LogP contribution in [-0.2, 0) is 19.1 Å². The molecule has 1 saturated heterocycles. The van der Waals surface area contributed by atoms with Crippen LogP contribution in [0.25, 0.3) is 0 Å². The van der Waals surface area contributed by atoms with Gasteiger partial charge in [-0.2, -0.15) is 0 Å². The van der Waals surface area contributed by atoms with E-state index in [-0.39, 0.29) is 47.3 Å². The first-order valence-electron chi connectivity index (χ1n) is 7.89. The summed E-state index contributed by atoms with van der Waals surface area (Å²) in [5.74, 6) is -0.538. The predicted octanol–water partition coefficient (Wildman–Crippen LogP) is 2.86. The van der Waals surface area contributed by atoms with Crippen LogP contribution in [0.5, 0.6) is 0 Å². The zero-order valence-corrected chi connectivity index (χ0v) is 13.1. The van der Waals surface area contributed by atoms with Crippen molar-refractivity contribution >= 4 is 11.9 Å². The number of fused-ring (bicyclic) bond motifs is 2. The van der Waals surface area contributed by atoms with Crippen molar-refractivity contribution in [1.82, 2.24) is 0 Å². The molecule has 116 valence electrons. The molecule has 3 rings (SSSR count). The molecule has 2 saturated carbocycles. The Labute approximate surface area is 125 Å². The first-order valence-corrected chi connectivity index (χ1v) is 7.89. The predicted molar refractivity (Wildman–Crippen MR) is 77.3 cm³/mol. The number of ether oxygens (including phenoxy) is 2. The van der Waals surface area contributed by atoms with E-state index in [1.54, 1.807) is 0 Å². The number of hydrogen-bond donors (Lipinski definition) is 0. The molecule has 3 aliphatic rings. The van der Waals surface area contributed by atoms with Crippen LogP contribution in [0.15, 0.2) is 12.2 Å². The maximum atomic E-state index is 12.0. The van der Waals surface area contributed by atoms with Crippen LogP contribution in [0.1, 0.15) is 46.5 Å². The number of rotatable bonds is 1. The van der Waals surface area contributed by atoms with Crippen molar-refractivity contribution in [2.45, 2.75) is 58.7 Å². The van der Waals surface area contributed by atoms with Gasteiger partial charge in [-0.1, -0.05) is 26.0 Å². The molecule has 0 radical (unpaired) electrons. The highest BCUT2D eigenvalue weighted by Crippen LogP contribution is 2.57. The third-order valence-electron chi connectivity index (χ3n) is 5.76. The summed E-state index contributed by atoms with van der Waals surface area (Å²) in [6, 6.07) is 0. The van der Waals surface area contributed by atoms with Crippen molar-refractivity contribution in [3.63, 3.8) is 0 Å². The molecule has 1 heterocycles. The Bertz CT molecular complexity index is 497. The lowest BCUT2D eigenvalue weighted by atomic mass is 9.54. The van der Waals surface area contributed by atoms with Crippen LogP contribution in [0.4, 0.5) is 0 Å². The fraction of sp³-hybridized carbons (Fsp3) is 0.765. The fourth-order valence-electron chi connectivity index (χ4n) is 4.89. The van der Waals surface area contributed by atoms with Crippen molar-refractivity contribution < 1.29 is 19.1 Å². The third-order valence-corrected chi connectivity index (χ3v) is 5.76. The summed E-state index contributed by atoms with van der Waals surface area (Å²) in [7, 11) is 0. The van der Waals surface area contributed by atoms with Gasteiger partial charge in [0.05, 0.1) is 5.92 Å². The highest BCUT2D eigenvalue weighted by molar-refractivity contribution is 5.75. The average Bonchev–Trinajstić information content (AvgIpc) is 2.62. The van der Waals surface area contributed by atoms with Crippen molar-refractivity contribution in [2.24, 2.45) is 23.2 Å². The molecule has 4 nitrogen and oxygen atoms in total. The molecule has 6 atom stereocenters. The Morgan fingerprint density at radius 3 is 2.86 bits per heavy atom. The maximum Gasteiger partial charge on any atom is 0.309 e. The summed E-state index contributed by atoms with van der Waals surface area (Å²) >= 11 is 0. The molecule has 0 amide bonds. The van der Waals surface area contributed by atoms with Gasteiger partial charge in [0.1, 0.15) is 12.2 Å². The summed E-state index contributed by atoms with van der Waals surface area (Å²) in [5, 5.41) is 0. The molecular formula is C17H24O4. The number of carbonyl (C=O) groups excluding carboxylic acids is 2. The van der Waals surface area contributed by atoms with Crippen molar-refractivity contribution in [3.8, 4) is 0 Å². The van der Waals surface area contributed by atoms with E-state index in [4.69, 9.17) is 9.47 Å². The Hall–Kier alpha value is -1.32. The number of esters is 2. The van der Waals surface area contributed by atoms with Gasteiger partial charge in [0, 0.05) is 18.8 Å². The maximum absolute atomic E-state index is 12.0. The van der Waals surface area contributed by atoms with E-state index in [0.29, 0.717) is 0 Å². The van der Waals surface area contributed by atoms with E-state index >= 15 is 0 Å². The molecule has 3 fully saturated rings. The minimum atomic E-state index is -0.284. The molecule has 1 aliphatic heterocycles. The molecule has 0 spiro atoms. The minimum absolute atomic E-state index is 0.0148. The Kier molecular flexibility index (Phi) is 3.38. The van der Waals surface area contributed by atoms with E-state index in [9.17, 15) is 9.59 Å². The lowest BCUT2D eigenvalue weighted by Gasteiger charge is -2.53. The third kappa shape index (κ3) is 2.19. The molecule has 0 bridgehead atoms. The summed E-state index contributed by atoms with van der Waals surface area (Å²) in [6.07, 6.45) is 3.63. The quantitative estimate of drug-likeness (QED) is 0.551. The zero-order valence-electron chi connectivity index (χ0n) is 13.1. The van der Waals surface area contributed by atoms with Gasteiger partial charge in [0.15, 0.2) is 0 Å². The van der Waals surface area contributed by atoms with Gasteiger partial charge in [-0.25, -0.2) is 0 Å². The van der Waals surface area contributed by atoms with Crippen LogP contribution >= 0.6 is 0 Å². The topological polar surface area (TPSA) is 52.6 Å². The first kappa shape index (κ1) is 14.6. The lowest BCUT2D eigenvalue weighted by Crippen LogP contribution is -2.54. The van der Waals surface area contributed by atoms with Crippen LogP contribution in [-0.4, -0.2) is 24.1 Å².